The number of carbonyl (C=O) groups is 2. The molecule has 0 bridgehead atoms. The highest BCUT2D eigenvalue weighted by atomic mass is 79.9. The molecule has 0 spiro atoms. The summed E-state index contributed by atoms with van der Waals surface area (Å²) in [6.07, 6.45) is 2.25. The first-order valence-electron chi connectivity index (χ1n) is 7.25. The van der Waals surface area contributed by atoms with Crippen molar-refractivity contribution >= 4 is 27.8 Å². The van der Waals surface area contributed by atoms with Crippen molar-refractivity contribution in [1.29, 1.82) is 0 Å². The summed E-state index contributed by atoms with van der Waals surface area (Å²) < 4.78 is 0.969. The van der Waals surface area contributed by atoms with Gasteiger partial charge in [-0.25, -0.2) is 0 Å². The van der Waals surface area contributed by atoms with Gasteiger partial charge in [0, 0.05) is 17.1 Å². The molecule has 112 valence electrons. The third-order valence-corrected chi connectivity index (χ3v) is 5.36. The number of likely N-dealkylation sites (tertiary alicyclic amines) is 1. The van der Waals surface area contributed by atoms with Crippen LogP contribution in [0, 0.1) is 5.92 Å². The van der Waals surface area contributed by atoms with Gasteiger partial charge in [0.15, 0.2) is 0 Å². The smallest absolute Gasteiger partial charge is 0.308 e. The summed E-state index contributed by atoms with van der Waals surface area (Å²) in [6, 6.07) is 7.66. The molecule has 1 amide bonds. The Hall–Kier alpha value is -1.36. The van der Waals surface area contributed by atoms with Crippen LogP contribution in [0.2, 0.25) is 0 Å². The van der Waals surface area contributed by atoms with Crippen LogP contribution in [0.4, 0.5) is 0 Å². The second-order valence-corrected chi connectivity index (χ2v) is 6.98. The number of aliphatic carboxylic acids is 1. The number of rotatable bonds is 3. The Morgan fingerprint density at radius 1 is 1.38 bits per heavy atom. The molecule has 1 aromatic rings. The van der Waals surface area contributed by atoms with Crippen LogP contribution in [0.25, 0.3) is 0 Å². The third kappa shape index (κ3) is 2.37. The molecule has 0 aromatic heterocycles. The number of carbonyl (C=O) groups excluding carboxylic acids is 1. The molecule has 1 saturated heterocycles. The first kappa shape index (κ1) is 14.6. The van der Waals surface area contributed by atoms with Crippen molar-refractivity contribution in [3.63, 3.8) is 0 Å². The third-order valence-electron chi connectivity index (χ3n) is 4.87. The van der Waals surface area contributed by atoms with E-state index in [1.54, 1.807) is 4.90 Å². The summed E-state index contributed by atoms with van der Waals surface area (Å²) in [5.41, 5.74) is 0.610. The lowest BCUT2D eigenvalue weighted by molar-refractivity contribution is -0.143. The summed E-state index contributed by atoms with van der Waals surface area (Å²) in [7, 11) is 0. The van der Waals surface area contributed by atoms with Crippen LogP contribution in [-0.4, -0.2) is 34.5 Å². The SMILES string of the molecule is CC1C(C(=O)O)CCN1C(=O)C1(c2cccc(Br)c2)CC1. The molecule has 2 aliphatic rings. The molecule has 3 rings (SSSR count). The zero-order valence-corrected chi connectivity index (χ0v) is 13.5. The quantitative estimate of drug-likeness (QED) is 0.910. The van der Waals surface area contributed by atoms with Gasteiger partial charge >= 0.3 is 5.97 Å². The van der Waals surface area contributed by atoms with Gasteiger partial charge in [-0.05, 0) is 43.9 Å². The summed E-state index contributed by atoms with van der Waals surface area (Å²) in [4.78, 5) is 25.9. The average molecular weight is 352 g/mol. The van der Waals surface area contributed by atoms with Crippen LogP contribution in [0.15, 0.2) is 28.7 Å². The van der Waals surface area contributed by atoms with E-state index in [0.29, 0.717) is 13.0 Å². The van der Waals surface area contributed by atoms with Crippen molar-refractivity contribution < 1.29 is 14.7 Å². The predicted molar refractivity (Wildman–Crippen MR) is 82.0 cm³/mol. The van der Waals surface area contributed by atoms with Crippen LogP contribution in [-0.2, 0) is 15.0 Å². The van der Waals surface area contributed by atoms with Crippen LogP contribution < -0.4 is 0 Å². The number of benzene rings is 1. The average Bonchev–Trinajstić information content (AvgIpc) is 3.16. The molecule has 1 aromatic carbocycles. The molecule has 4 nitrogen and oxygen atoms in total. The van der Waals surface area contributed by atoms with Gasteiger partial charge in [0.2, 0.25) is 5.91 Å². The highest BCUT2D eigenvalue weighted by Crippen LogP contribution is 2.51. The molecule has 2 atom stereocenters. The van der Waals surface area contributed by atoms with Gasteiger partial charge in [-0.3, -0.25) is 9.59 Å². The topological polar surface area (TPSA) is 57.6 Å². The highest BCUT2D eigenvalue weighted by Gasteiger charge is 2.55. The molecule has 5 heteroatoms. The Balaban J connectivity index is 1.84. The fourth-order valence-electron chi connectivity index (χ4n) is 3.37. The number of amides is 1. The molecule has 1 heterocycles. The number of hydrogen-bond acceptors (Lipinski definition) is 2. The Morgan fingerprint density at radius 3 is 2.62 bits per heavy atom. The maximum Gasteiger partial charge on any atom is 0.308 e. The van der Waals surface area contributed by atoms with E-state index >= 15 is 0 Å². The Morgan fingerprint density at radius 2 is 2.10 bits per heavy atom. The van der Waals surface area contributed by atoms with E-state index in [4.69, 9.17) is 0 Å². The molecule has 1 aliphatic heterocycles. The van der Waals surface area contributed by atoms with E-state index in [0.717, 1.165) is 22.9 Å². The van der Waals surface area contributed by atoms with Crippen LogP contribution in [0.5, 0.6) is 0 Å². The number of nitrogens with zero attached hydrogens (tertiary/aromatic N) is 1. The molecule has 2 unspecified atom stereocenters. The van der Waals surface area contributed by atoms with Gasteiger partial charge in [-0.2, -0.15) is 0 Å². The van der Waals surface area contributed by atoms with E-state index in [-0.39, 0.29) is 11.9 Å². The van der Waals surface area contributed by atoms with E-state index in [2.05, 4.69) is 15.9 Å². The minimum atomic E-state index is -0.801. The minimum absolute atomic E-state index is 0.0943. The molecule has 1 aliphatic carbocycles. The fourth-order valence-corrected chi connectivity index (χ4v) is 3.77. The van der Waals surface area contributed by atoms with E-state index in [1.807, 2.05) is 31.2 Å². The number of halogens is 1. The number of carboxylic acids is 1. The second kappa shape index (κ2) is 5.13. The van der Waals surface area contributed by atoms with Crippen LogP contribution >= 0.6 is 15.9 Å². The first-order valence-corrected chi connectivity index (χ1v) is 8.05. The first-order chi connectivity index (χ1) is 9.95. The van der Waals surface area contributed by atoms with Crippen molar-refractivity contribution in [3.8, 4) is 0 Å². The van der Waals surface area contributed by atoms with Crippen molar-refractivity contribution in [2.45, 2.75) is 37.6 Å². The van der Waals surface area contributed by atoms with Crippen molar-refractivity contribution in [1.82, 2.24) is 4.90 Å². The second-order valence-electron chi connectivity index (χ2n) is 6.07. The monoisotopic (exact) mass is 351 g/mol. The Kier molecular flexibility index (Phi) is 3.56. The largest absolute Gasteiger partial charge is 0.481 e. The predicted octanol–water partition coefficient (Wildman–Crippen LogP) is 2.80. The molecule has 21 heavy (non-hydrogen) atoms. The highest BCUT2D eigenvalue weighted by molar-refractivity contribution is 9.10. The Labute approximate surface area is 132 Å². The number of hydrogen-bond donors (Lipinski definition) is 1. The molecule has 0 radical (unpaired) electrons. The van der Waals surface area contributed by atoms with E-state index < -0.39 is 17.3 Å². The van der Waals surface area contributed by atoms with Crippen LogP contribution in [0.1, 0.15) is 31.7 Å². The fraction of sp³-hybridized carbons (Fsp3) is 0.500. The molecular weight excluding hydrogens is 334 g/mol. The minimum Gasteiger partial charge on any atom is -0.481 e. The normalized spacial score (nSPS) is 26.7. The zero-order chi connectivity index (χ0) is 15.2. The summed E-state index contributed by atoms with van der Waals surface area (Å²) >= 11 is 3.45. The van der Waals surface area contributed by atoms with Gasteiger partial charge in [-0.1, -0.05) is 28.1 Å². The standard InChI is InChI=1S/C16H18BrNO3/c1-10-13(14(19)20)5-8-18(10)15(21)16(6-7-16)11-3-2-4-12(17)9-11/h2-4,9-10,13H,5-8H2,1H3,(H,19,20). The summed E-state index contributed by atoms with van der Waals surface area (Å²) in [5.74, 6) is -1.14. The van der Waals surface area contributed by atoms with Crippen molar-refractivity contribution in [3.05, 3.63) is 34.3 Å². The summed E-state index contributed by atoms with van der Waals surface area (Å²) in [6.45, 7) is 2.40. The van der Waals surface area contributed by atoms with Gasteiger partial charge in [0.25, 0.3) is 0 Å². The maximum atomic E-state index is 12.9. The summed E-state index contributed by atoms with van der Waals surface area (Å²) in [5, 5.41) is 9.21. The molecular formula is C16H18BrNO3. The van der Waals surface area contributed by atoms with Crippen LogP contribution in [0.3, 0.4) is 0 Å². The van der Waals surface area contributed by atoms with Gasteiger partial charge in [0.1, 0.15) is 0 Å². The number of carboxylic acid groups (broad SMARTS) is 1. The lowest BCUT2D eigenvalue weighted by Crippen LogP contribution is -2.43. The van der Waals surface area contributed by atoms with Gasteiger partial charge < -0.3 is 10.0 Å². The molecule has 1 N–H and O–H groups in total. The van der Waals surface area contributed by atoms with Gasteiger partial charge in [0.05, 0.1) is 11.3 Å². The maximum absolute atomic E-state index is 12.9. The lowest BCUT2D eigenvalue weighted by Gasteiger charge is -2.28. The zero-order valence-electron chi connectivity index (χ0n) is 11.9. The molecule has 1 saturated carbocycles. The van der Waals surface area contributed by atoms with E-state index in [1.165, 1.54) is 0 Å². The Bertz CT molecular complexity index is 597. The van der Waals surface area contributed by atoms with Crippen molar-refractivity contribution in [2.24, 2.45) is 5.92 Å². The van der Waals surface area contributed by atoms with E-state index in [9.17, 15) is 14.7 Å². The molecule has 2 fully saturated rings. The van der Waals surface area contributed by atoms with Gasteiger partial charge in [-0.15, -0.1) is 0 Å². The van der Waals surface area contributed by atoms with Crippen molar-refractivity contribution in [2.75, 3.05) is 6.54 Å². The lowest BCUT2D eigenvalue weighted by atomic mass is 9.93.